The molecule has 20 heavy (non-hydrogen) atoms. The van der Waals surface area contributed by atoms with Gasteiger partial charge in [0.05, 0.1) is 16.7 Å². The number of benzene rings is 1. The fourth-order valence-corrected chi connectivity index (χ4v) is 3.68. The van der Waals surface area contributed by atoms with E-state index >= 15 is 0 Å². The summed E-state index contributed by atoms with van der Waals surface area (Å²) in [4.78, 5) is 12.1. The molecule has 0 spiro atoms. The molecule has 1 saturated heterocycles. The first-order chi connectivity index (χ1) is 9.53. The molecule has 1 aromatic rings. The van der Waals surface area contributed by atoms with Crippen LogP contribution >= 0.6 is 11.8 Å². The molecule has 0 saturated carbocycles. The maximum Gasteiger partial charge on any atom is 0.238 e. The normalized spacial score (nSPS) is 18.9. The molecule has 1 aromatic carbocycles. The maximum atomic E-state index is 11.8. The summed E-state index contributed by atoms with van der Waals surface area (Å²) in [7, 11) is -3.16. The van der Waals surface area contributed by atoms with E-state index in [0.29, 0.717) is 11.4 Å². The van der Waals surface area contributed by atoms with Crippen molar-refractivity contribution in [1.82, 2.24) is 10.6 Å². The lowest BCUT2D eigenvalue weighted by molar-refractivity contribution is -0.122. The molecule has 0 radical (unpaired) electrons. The first-order valence-corrected chi connectivity index (χ1v) is 9.24. The Morgan fingerprint density at radius 3 is 2.65 bits per heavy atom. The molecule has 5 nitrogen and oxygen atoms in total. The average Bonchev–Trinajstić information content (AvgIpc) is 2.99. The minimum atomic E-state index is -3.16. The predicted molar refractivity (Wildman–Crippen MR) is 80.3 cm³/mol. The van der Waals surface area contributed by atoms with Gasteiger partial charge in [0.25, 0.3) is 0 Å². The third kappa shape index (κ3) is 3.74. The second-order valence-electron chi connectivity index (χ2n) is 4.54. The quantitative estimate of drug-likeness (QED) is 0.839. The summed E-state index contributed by atoms with van der Waals surface area (Å²) in [6.07, 6.45) is 0. The van der Waals surface area contributed by atoms with Gasteiger partial charge in [-0.2, -0.15) is 0 Å². The Hall–Kier alpha value is -1.05. The standard InChI is InChI=1S/C13H18N2O3S2/c1-2-20(17,18)11-5-3-10(4-6-11)7-14-13(16)12-8-19-9-15-12/h3-6,12,15H,2,7-9H2,1H3,(H,14,16). The van der Waals surface area contributed by atoms with Crippen LogP contribution in [0.15, 0.2) is 29.2 Å². The Labute approximate surface area is 123 Å². The fourth-order valence-electron chi connectivity index (χ4n) is 1.86. The fraction of sp³-hybridized carbons (Fsp3) is 0.462. The minimum Gasteiger partial charge on any atom is -0.351 e. The van der Waals surface area contributed by atoms with E-state index in [4.69, 9.17) is 0 Å². The zero-order chi connectivity index (χ0) is 14.6. The van der Waals surface area contributed by atoms with Crippen LogP contribution in [-0.2, 0) is 21.2 Å². The van der Waals surface area contributed by atoms with Crippen LogP contribution in [0.4, 0.5) is 0 Å². The van der Waals surface area contributed by atoms with Crippen molar-refractivity contribution in [3.63, 3.8) is 0 Å². The summed E-state index contributed by atoms with van der Waals surface area (Å²) in [5.74, 6) is 1.68. The summed E-state index contributed by atoms with van der Waals surface area (Å²) in [5, 5.41) is 5.95. The minimum absolute atomic E-state index is 0.0137. The molecule has 2 N–H and O–H groups in total. The van der Waals surface area contributed by atoms with Crippen LogP contribution in [0, 0.1) is 0 Å². The smallest absolute Gasteiger partial charge is 0.238 e. The summed E-state index contributed by atoms with van der Waals surface area (Å²) in [6, 6.07) is 6.52. The molecule has 1 fully saturated rings. The maximum absolute atomic E-state index is 11.8. The van der Waals surface area contributed by atoms with E-state index in [1.54, 1.807) is 43.0 Å². The van der Waals surface area contributed by atoms with Crippen molar-refractivity contribution in [3.8, 4) is 0 Å². The van der Waals surface area contributed by atoms with Crippen molar-refractivity contribution in [3.05, 3.63) is 29.8 Å². The second-order valence-corrected chi connectivity index (χ2v) is 7.85. The summed E-state index contributed by atoms with van der Waals surface area (Å²) in [6.45, 7) is 2.03. The van der Waals surface area contributed by atoms with Gasteiger partial charge in [0, 0.05) is 18.2 Å². The molecule has 0 bridgehead atoms. The molecule has 110 valence electrons. The molecule has 7 heteroatoms. The van der Waals surface area contributed by atoms with Crippen LogP contribution in [0.25, 0.3) is 0 Å². The first-order valence-electron chi connectivity index (χ1n) is 6.43. The molecule has 1 atom stereocenters. The van der Waals surface area contributed by atoms with Crippen LogP contribution in [0.2, 0.25) is 0 Å². The van der Waals surface area contributed by atoms with Crippen LogP contribution in [0.1, 0.15) is 12.5 Å². The number of rotatable bonds is 5. The van der Waals surface area contributed by atoms with E-state index < -0.39 is 9.84 Å². The van der Waals surface area contributed by atoms with Crippen molar-refractivity contribution < 1.29 is 13.2 Å². The van der Waals surface area contributed by atoms with Crippen LogP contribution in [-0.4, -0.2) is 37.7 Å². The second kappa shape index (κ2) is 6.60. The number of hydrogen-bond donors (Lipinski definition) is 2. The van der Waals surface area contributed by atoms with E-state index in [1.165, 1.54) is 0 Å². The molecule has 0 aliphatic carbocycles. The van der Waals surface area contributed by atoms with Crippen molar-refractivity contribution in [2.45, 2.75) is 24.4 Å². The Morgan fingerprint density at radius 2 is 2.10 bits per heavy atom. The SMILES string of the molecule is CCS(=O)(=O)c1ccc(CNC(=O)C2CSCN2)cc1. The molecular weight excluding hydrogens is 296 g/mol. The average molecular weight is 314 g/mol. The summed E-state index contributed by atoms with van der Waals surface area (Å²) in [5.41, 5.74) is 0.888. The molecule has 1 aliphatic heterocycles. The van der Waals surface area contributed by atoms with Gasteiger partial charge in [0.2, 0.25) is 5.91 Å². The van der Waals surface area contributed by atoms with Gasteiger partial charge in [0.1, 0.15) is 0 Å². The third-order valence-corrected chi connectivity index (χ3v) is 5.85. The van der Waals surface area contributed by atoms with Crippen molar-refractivity contribution >= 4 is 27.5 Å². The highest BCUT2D eigenvalue weighted by molar-refractivity contribution is 7.99. The van der Waals surface area contributed by atoms with E-state index in [2.05, 4.69) is 10.6 Å². The number of sulfone groups is 1. The van der Waals surface area contributed by atoms with Gasteiger partial charge in [-0.25, -0.2) is 8.42 Å². The van der Waals surface area contributed by atoms with Crippen LogP contribution in [0.5, 0.6) is 0 Å². The van der Waals surface area contributed by atoms with Crippen LogP contribution < -0.4 is 10.6 Å². The van der Waals surface area contributed by atoms with E-state index in [1.807, 2.05) is 0 Å². The Kier molecular flexibility index (Phi) is 5.06. The number of carbonyl (C=O) groups excluding carboxylic acids is 1. The van der Waals surface area contributed by atoms with Gasteiger partial charge >= 0.3 is 0 Å². The molecule has 1 amide bonds. The lowest BCUT2D eigenvalue weighted by Gasteiger charge is -2.10. The number of carbonyl (C=O) groups is 1. The van der Waals surface area contributed by atoms with Crippen molar-refractivity contribution in [2.24, 2.45) is 0 Å². The van der Waals surface area contributed by atoms with Gasteiger partial charge in [-0.3, -0.25) is 10.1 Å². The van der Waals surface area contributed by atoms with Gasteiger partial charge in [-0.1, -0.05) is 19.1 Å². The molecule has 1 aliphatic rings. The highest BCUT2D eigenvalue weighted by Crippen LogP contribution is 2.13. The monoisotopic (exact) mass is 314 g/mol. The van der Waals surface area contributed by atoms with E-state index in [9.17, 15) is 13.2 Å². The Balaban J connectivity index is 1.92. The predicted octanol–water partition coefficient (Wildman–Crippen LogP) is 0.759. The van der Waals surface area contributed by atoms with E-state index in [0.717, 1.165) is 17.2 Å². The Bertz CT molecular complexity index is 564. The molecule has 1 unspecified atom stereocenters. The molecule has 0 aromatic heterocycles. The van der Waals surface area contributed by atoms with E-state index in [-0.39, 0.29) is 17.7 Å². The first kappa shape index (κ1) is 15.3. The number of thioether (sulfide) groups is 1. The van der Waals surface area contributed by atoms with Crippen molar-refractivity contribution in [2.75, 3.05) is 17.4 Å². The van der Waals surface area contributed by atoms with Gasteiger partial charge < -0.3 is 5.32 Å². The Morgan fingerprint density at radius 1 is 1.40 bits per heavy atom. The van der Waals surface area contributed by atoms with Gasteiger partial charge in [-0.15, -0.1) is 11.8 Å². The lowest BCUT2D eigenvalue weighted by Crippen LogP contribution is -2.41. The summed E-state index contributed by atoms with van der Waals surface area (Å²) >= 11 is 1.70. The van der Waals surface area contributed by atoms with Gasteiger partial charge in [-0.05, 0) is 17.7 Å². The highest BCUT2D eigenvalue weighted by Gasteiger charge is 2.21. The zero-order valence-electron chi connectivity index (χ0n) is 11.3. The van der Waals surface area contributed by atoms with Crippen LogP contribution in [0.3, 0.4) is 0 Å². The largest absolute Gasteiger partial charge is 0.351 e. The molecule has 1 heterocycles. The topological polar surface area (TPSA) is 75.3 Å². The third-order valence-electron chi connectivity index (χ3n) is 3.16. The summed E-state index contributed by atoms with van der Waals surface area (Å²) < 4.78 is 23.3. The molecular formula is C13H18N2O3S2. The lowest BCUT2D eigenvalue weighted by atomic mass is 10.2. The number of amides is 1. The van der Waals surface area contributed by atoms with Crippen molar-refractivity contribution in [1.29, 1.82) is 0 Å². The van der Waals surface area contributed by atoms with Gasteiger partial charge in [0.15, 0.2) is 9.84 Å². The number of hydrogen-bond acceptors (Lipinski definition) is 5. The number of nitrogens with one attached hydrogen (secondary N) is 2. The molecule has 2 rings (SSSR count). The zero-order valence-corrected chi connectivity index (χ0v) is 12.9. The highest BCUT2D eigenvalue weighted by atomic mass is 32.2.